The van der Waals surface area contributed by atoms with Crippen LogP contribution in [0.5, 0.6) is 11.5 Å². The van der Waals surface area contributed by atoms with E-state index in [1.165, 1.54) is 0 Å². The predicted octanol–water partition coefficient (Wildman–Crippen LogP) is 2.93. The molecule has 3 rings (SSSR count). The second-order valence-corrected chi connectivity index (χ2v) is 7.43. The number of hydrogen-bond donors (Lipinski definition) is 1. The molecule has 0 spiro atoms. The van der Waals surface area contributed by atoms with Gasteiger partial charge in [-0.1, -0.05) is 24.3 Å². The largest absolute Gasteiger partial charge is 0.464 e. The quantitative estimate of drug-likeness (QED) is 0.343. The lowest BCUT2D eigenvalue weighted by atomic mass is 10.1. The fraction of sp³-hybridized carbons (Fsp3) is 0.500. The summed E-state index contributed by atoms with van der Waals surface area (Å²) in [7, 11) is 3.09. The highest BCUT2D eigenvalue weighted by Crippen LogP contribution is 2.45. The molecule has 1 heterocycles. The fourth-order valence-electron chi connectivity index (χ4n) is 2.76. The van der Waals surface area contributed by atoms with Gasteiger partial charge >= 0.3 is 0 Å². The van der Waals surface area contributed by atoms with Crippen LogP contribution in [0.4, 0.5) is 5.69 Å². The van der Waals surface area contributed by atoms with Gasteiger partial charge in [0, 0.05) is 25.2 Å². The summed E-state index contributed by atoms with van der Waals surface area (Å²) in [5.41, 5.74) is 0.975. The molecule has 0 radical (unpaired) electrons. The SMILES string of the molecule is COCOCOCOc1cc2c(cc1OCOCOCOC)SC1C=CC=CC1N2. The molecule has 2 aliphatic rings. The predicted molar refractivity (Wildman–Crippen MR) is 111 cm³/mol. The molecule has 0 saturated heterocycles. The molecule has 2 unspecified atom stereocenters. The highest BCUT2D eigenvalue weighted by Gasteiger charge is 2.28. The molecule has 10 heteroatoms. The molecule has 1 N–H and O–H groups in total. The van der Waals surface area contributed by atoms with Crippen molar-refractivity contribution >= 4 is 17.4 Å². The van der Waals surface area contributed by atoms with Crippen molar-refractivity contribution in [2.45, 2.75) is 16.2 Å². The third kappa shape index (κ3) is 6.88. The van der Waals surface area contributed by atoms with Crippen molar-refractivity contribution in [1.29, 1.82) is 0 Å². The van der Waals surface area contributed by atoms with E-state index in [0.717, 1.165) is 10.6 Å². The second-order valence-electron chi connectivity index (χ2n) is 6.21. The molecule has 30 heavy (non-hydrogen) atoms. The van der Waals surface area contributed by atoms with Gasteiger partial charge in [-0.05, 0) is 6.07 Å². The van der Waals surface area contributed by atoms with Gasteiger partial charge in [0.2, 0.25) is 0 Å². The maximum absolute atomic E-state index is 5.77. The Morgan fingerprint density at radius 1 is 0.767 bits per heavy atom. The summed E-state index contributed by atoms with van der Waals surface area (Å²) >= 11 is 1.77. The topological polar surface area (TPSA) is 85.9 Å². The first-order chi connectivity index (χ1) is 14.8. The van der Waals surface area contributed by atoms with E-state index in [1.54, 1.807) is 26.0 Å². The van der Waals surface area contributed by atoms with Crippen LogP contribution in [0.2, 0.25) is 0 Å². The van der Waals surface area contributed by atoms with Crippen molar-refractivity contribution in [3.63, 3.8) is 0 Å². The van der Waals surface area contributed by atoms with Gasteiger partial charge in [0.05, 0.1) is 17.0 Å². The van der Waals surface area contributed by atoms with Gasteiger partial charge in [0.15, 0.2) is 38.7 Å². The number of hydrogen-bond acceptors (Lipinski definition) is 10. The molecule has 1 aromatic rings. The average Bonchev–Trinajstić information content (AvgIpc) is 2.77. The van der Waals surface area contributed by atoms with Crippen molar-refractivity contribution in [2.75, 3.05) is 60.3 Å². The van der Waals surface area contributed by atoms with E-state index in [4.69, 9.17) is 37.9 Å². The van der Waals surface area contributed by atoms with Gasteiger partial charge in [-0.2, -0.15) is 0 Å². The lowest BCUT2D eigenvalue weighted by molar-refractivity contribution is -0.148. The van der Waals surface area contributed by atoms with E-state index in [2.05, 4.69) is 23.5 Å². The van der Waals surface area contributed by atoms with Crippen LogP contribution in [0.15, 0.2) is 41.3 Å². The molecule has 0 amide bonds. The molecule has 0 aromatic heterocycles. The first-order valence-corrected chi connectivity index (χ1v) is 10.2. The number of allylic oxidation sites excluding steroid dienone is 2. The Bertz CT molecular complexity index is 655. The molecule has 1 aromatic carbocycles. The van der Waals surface area contributed by atoms with Crippen LogP contribution in [-0.2, 0) is 28.4 Å². The lowest BCUT2D eigenvalue weighted by Crippen LogP contribution is -2.32. The summed E-state index contributed by atoms with van der Waals surface area (Å²) in [6.07, 6.45) is 8.44. The third-order valence-electron chi connectivity index (χ3n) is 4.05. The minimum atomic E-state index is -0.00148. The maximum atomic E-state index is 5.77. The summed E-state index contributed by atoms with van der Waals surface area (Å²) in [5, 5.41) is 3.86. The standard InChI is InChI=1S/C20H27NO8S/c1-22-9-24-11-26-13-28-17-7-16-20(30-19-6-4-3-5-15(19)21-16)8-18(17)29-14-27-12-25-10-23-2/h3-8,15,19,21H,9-14H2,1-2H3. The van der Waals surface area contributed by atoms with Crippen molar-refractivity contribution in [3.8, 4) is 11.5 Å². The number of anilines is 1. The Balaban J connectivity index is 1.62. The van der Waals surface area contributed by atoms with E-state index < -0.39 is 0 Å². The van der Waals surface area contributed by atoms with Crippen LogP contribution in [0.1, 0.15) is 0 Å². The number of nitrogens with one attached hydrogen (secondary N) is 1. The van der Waals surface area contributed by atoms with Crippen LogP contribution >= 0.6 is 11.8 Å². The smallest absolute Gasteiger partial charge is 0.191 e. The zero-order valence-electron chi connectivity index (χ0n) is 17.0. The first-order valence-electron chi connectivity index (χ1n) is 9.32. The molecule has 166 valence electrons. The number of rotatable bonds is 14. The fourth-order valence-corrected chi connectivity index (χ4v) is 3.95. The minimum absolute atomic E-state index is 0.00148. The first kappa shape index (κ1) is 22.9. The van der Waals surface area contributed by atoms with Crippen LogP contribution < -0.4 is 14.8 Å². The molecule has 1 aliphatic heterocycles. The number of fused-ring (bicyclic) bond motifs is 2. The molecule has 0 bridgehead atoms. The van der Waals surface area contributed by atoms with Crippen LogP contribution in [0.3, 0.4) is 0 Å². The minimum Gasteiger partial charge on any atom is -0.464 e. The second kappa shape index (κ2) is 12.8. The zero-order valence-corrected chi connectivity index (χ0v) is 17.9. The molecule has 1 aliphatic carbocycles. The number of benzene rings is 1. The van der Waals surface area contributed by atoms with Gasteiger partial charge in [-0.15, -0.1) is 11.8 Å². The van der Waals surface area contributed by atoms with Crippen molar-refractivity contribution in [2.24, 2.45) is 0 Å². The summed E-state index contributed by atoms with van der Waals surface area (Å²) in [5.74, 6) is 1.08. The lowest BCUT2D eigenvalue weighted by Gasteiger charge is -2.32. The summed E-state index contributed by atoms with van der Waals surface area (Å²) in [6.45, 7) is 0.432. The Labute approximate surface area is 180 Å². The van der Waals surface area contributed by atoms with E-state index >= 15 is 0 Å². The molecular formula is C20H27NO8S. The van der Waals surface area contributed by atoms with Gasteiger partial charge < -0.3 is 43.2 Å². The van der Waals surface area contributed by atoms with Gasteiger partial charge in [0.25, 0.3) is 0 Å². The Morgan fingerprint density at radius 2 is 1.37 bits per heavy atom. The van der Waals surface area contributed by atoms with Crippen molar-refractivity contribution in [3.05, 3.63) is 36.4 Å². The molecular weight excluding hydrogens is 414 g/mol. The van der Waals surface area contributed by atoms with E-state index in [0.29, 0.717) is 16.7 Å². The summed E-state index contributed by atoms with van der Waals surface area (Å²) in [4.78, 5) is 1.07. The van der Waals surface area contributed by atoms with Crippen LogP contribution in [0, 0.1) is 0 Å². The van der Waals surface area contributed by atoms with E-state index in [-0.39, 0.29) is 46.8 Å². The van der Waals surface area contributed by atoms with Crippen molar-refractivity contribution in [1.82, 2.24) is 0 Å². The van der Waals surface area contributed by atoms with Gasteiger partial charge in [0.1, 0.15) is 13.6 Å². The summed E-state index contributed by atoms with van der Waals surface area (Å²) < 4.78 is 41.9. The summed E-state index contributed by atoms with van der Waals surface area (Å²) in [6, 6.07) is 4.07. The van der Waals surface area contributed by atoms with E-state index in [9.17, 15) is 0 Å². The number of thioether (sulfide) groups is 1. The highest BCUT2D eigenvalue weighted by molar-refractivity contribution is 8.00. The molecule has 2 atom stereocenters. The van der Waals surface area contributed by atoms with Crippen LogP contribution in [0.25, 0.3) is 0 Å². The van der Waals surface area contributed by atoms with E-state index in [1.807, 2.05) is 18.2 Å². The van der Waals surface area contributed by atoms with Gasteiger partial charge in [-0.25, -0.2) is 0 Å². The Morgan fingerprint density at radius 3 is 2.03 bits per heavy atom. The maximum Gasteiger partial charge on any atom is 0.191 e. The Hall–Kier alpha value is -1.79. The highest BCUT2D eigenvalue weighted by atomic mass is 32.2. The third-order valence-corrected chi connectivity index (χ3v) is 5.36. The number of methoxy groups -OCH3 is 2. The Kier molecular flexibility index (Phi) is 9.77. The molecule has 9 nitrogen and oxygen atoms in total. The molecule has 0 fully saturated rings. The monoisotopic (exact) mass is 441 g/mol. The number of ether oxygens (including phenoxy) is 8. The molecule has 0 saturated carbocycles. The van der Waals surface area contributed by atoms with Crippen molar-refractivity contribution < 1.29 is 37.9 Å². The van der Waals surface area contributed by atoms with Gasteiger partial charge in [-0.3, -0.25) is 0 Å². The van der Waals surface area contributed by atoms with Crippen LogP contribution in [-0.4, -0.2) is 66.3 Å². The normalized spacial score (nSPS) is 19.1. The zero-order chi connectivity index (χ0) is 21.0. The average molecular weight is 442 g/mol.